The monoisotopic (exact) mass is 338 g/mol. The van der Waals surface area contributed by atoms with E-state index in [1.165, 1.54) is 13.0 Å². The molecule has 126 valence electrons. The predicted octanol–water partition coefficient (Wildman–Crippen LogP) is 3.16. The van der Waals surface area contributed by atoms with Crippen molar-refractivity contribution in [1.82, 2.24) is 0 Å². The average Bonchev–Trinajstić information content (AvgIpc) is 2.60. The van der Waals surface area contributed by atoms with E-state index in [0.29, 0.717) is 47.2 Å². The molecule has 0 unspecified atom stereocenters. The van der Waals surface area contributed by atoms with Crippen molar-refractivity contribution in [2.45, 2.75) is 6.92 Å². The van der Waals surface area contributed by atoms with Crippen molar-refractivity contribution in [3.8, 4) is 28.4 Å². The van der Waals surface area contributed by atoms with Gasteiger partial charge < -0.3 is 18.6 Å². The van der Waals surface area contributed by atoms with Crippen LogP contribution < -0.4 is 19.8 Å². The van der Waals surface area contributed by atoms with Crippen LogP contribution in [0.1, 0.15) is 6.92 Å². The van der Waals surface area contributed by atoms with Crippen LogP contribution in [0.15, 0.2) is 51.7 Å². The van der Waals surface area contributed by atoms with Crippen molar-refractivity contribution in [1.29, 1.82) is 0 Å². The number of benzene rings is 2. The Morgan fingerprint density at radius 3 is 2.60 bits per heavy atom. The van der Waals surface area contributed by atoms with Crippen LogP contribution in [0.3, 0.4) is 0 Å². The summed E-state index contributed by atoms with van der Waals surface area (Å²) in [5.41, 5.74) is 0.975. The van der Waals surface area contributed by atoms with Gasteiger partial charge in [-0.15, -0.1) is 0 Å². The molecule has 0 atom stereocenters. The first kappa shape index (κ1) is 15.3. The summed E-state index contributed by atoms with van der Waals surface area (Å²) in [5.74, 6) is 1.16. The van der Waals surface area contributed by atoms with Crippen LogP contribution in [0.25, 0.3) is 22.1 Å². The molecule has 25 heavy (non-hydrogen) atoms. The molecule has 0 bridgehead atoms. The number of carbonyl (C=O) groups excluding carboxylic acids is 1. The summed E-state index contributed by atoms with van der Waals surface area (Å²) in [6, 6.07) is 12.0. The first-order valence-electron chi connectivity index (χ1n) is 7.76. The molecule has 6 heteroatoms. The normalized spacial score (nSPS) is 12.8. The zero-order chi connectivity index (χ0) is 17.4. The van der Waals surface area contributed by atoms with Crippen molar-refractivity contribution in [2.24, 2.45) is 0 Å². The molecule has 0 N–H and O–H groups in total. The highest BCUT2D eigenvalue weighted by molar-refractivity contribution is 5.84. The number of hydrogen-bond donors (Lipinski definition) is 0. The van der Waals surface area contributed by atoms with E-state index in [2.05, 4.69) is 0 Å². The van der Waals surface area contributed by atoms with Crippen LogP contribution in [-0.2, 0) is 4.79 Å². The van der Waals surface area contributed by atoms with Gasteiger partial charge in [0, 0.05) is 18.4 Å². The molecule has 1 aromatic heterocycles. The zero-order valence-corrected chi connectivity index (χ0v) is 13.4. The second kappa shape index (κ2) is 5.98. The quantitative estimate of drug-likeness (QED) is 0.406. The van der Waals surface area contributed by atoms with Gasteiger partial charge in [0.1, 0.15) is 24.5 Å². The van der Waals surface area contributed by atoms with Gasteiger partial charge in [-0.2, -0.15) is 0 Å². The minimum Gasteiger partial charge on any atom is -0.486 e. The lowest BCUT2D eigenvalue weighted by Gasteiger charge is -2.18. The number of carbonyl (C=O) groups is 1. The fourth-order valence-corrected chi connectivity index (χ4v) is 2.73. The minimum absolute atomic E-state index is 0.329. The van der Waals surface area contributed by atoms with Crippen molar-refractivity contribution in [3.63, 3.8) is 0 Å². The van der Waals surface area contributed by atoms with E-state index >= 15 is 0 Å². The standard InChI is InChI=1S/C19H14O6/c1-11(20)24-14-4-2-13-8-15(19(21)25-17(13)10-14)12-3-5-16-18(9-12)23-7-6-22-16/h2-5,8-10H,6-7H2,1H3. The largest absolute Gasteiger partial charge is 0.486 e. The fraction of sp³-hybridized carbons (Fsp3) is 0.158. The molecule has 1 aliphatic rings. The Bertz CT molecular complexity index is 1030. The number of hydrogen-bond acceptors (Lipinski definition) is 6. The van der Waals surface area contributed by atoms with Gasteiger partial charge in [-0.25, -0.2) is 4.79 Å². The average molecular weight is 338 g/mol. The Balaban J connectivity index is 1.79. The van der Waals surface area contributed by atoms with Crippen LogP contribution >= 0.6 is 0 Å². The third kappa shape index (κ3) is 2.94. The first-order valence-corrected chi connectivity index (χ1v) is 7.76. The molecule has 0 amide bonds. The van der Waals surface area contributed by atoms with Gasteiger partial charge in [-0.1, -0.05) is 6.07 Å². The van der Waals surface area contributed by atoms with Crippen molar-refractivity contribution >= 4 is 16.9 Å². The molecule has 0 spiro atoms. The Morgan fingerprint density at radius 2 is 1.80 bits per heavy atom. The van der Waals surface area contributed by atoms with Crippen molar-refractivity contribution in [3.05, 3.63) is 52.9 Å². The molecule has 4 rings (SSSR count). The highest BCUT2D eigenvalue weighted by Crippen LogP contribution is 2.34. The van der Waals surface area contributed by atoms with Crippen LogP contribution in [0.5, 0.6) is 17.2 Å². The summed E-state index contributed by atoms with van der Waals surface area (Å²) < 4.78 is 21.5. The number of rotatable bonds is 2. The Morgan fingerprint density at radius 1 is 1.00 bits per heavy atom. The highest BCUT2D eigenvalue weighted by Gasteiger charge is 2.15. The SMILES string of the molecule is CC(=O)Oc1ccc2cc(-c3ccc4c(c3)OCCO4)c(=O)oc2c1. The predicted molar refractivity (Wildman–Crippen MR) is 90.2 cm³/mol. The van der Waals surface area contributed by atoms with Crippen molar-refractivity contribution in [2.75, 3.05) is 13.2 Å². The maximum Gasteiger partial charge on any atom is 0.344 e. The molecule has 0 radical (unpaired) electrons. The van der Waals surface area contributed by atoms with Gasteiger partial charge in [-0.05, 0) is 35.9 Å². The lowest BCUT2D eigenvalue weighted by Crippen LogP contribution is -2.15. The van der Waals surface area contributed by atoms with E-state index in [9.17, 15) is 9.59 Å². The Hall–Kier alpha value is -3.28. The number of esters is 1. The first-order chi connectivity index (χ1) is 12.1. The molecule has 2 aromatic carbocycles. The van der Waals surface area contributed by atoms with E-state index in [4.69, 9.17) is 18.6 Å². The summed E-state index contributed by atoms with van der Waals surface area (Å²) in [5, 5.41) is 0.723. The van der Waals surface area contributed by atoms with E-state index in [-0.39, 0.29) is 0 Å². The van der Waals surface area contributed by atoms with Gasteiger partial charge in [0.05, 0.1) is 5.56 Å². The maximum atomic E-state index is 12.4. The van der Waals surface area contributed by atoms with Gasteiger partial charge >= 0.3 is 11.6 Å². The summed E-state index contributed by atoms with van der Waals surface area (Å²) in [4.78, 5) is 23.4. The molecule has 0 saturated heterocycles. The number of ether oxygens (including phenoxy) is 3. The van der Waals surface area contributed by atoms with E-state index in [1.54, 1.807) is 36.4 Å². The lowest BCUT2D eigenvalue weighted by atomic mass is 10.1. The van der Waals surface area contributed by atoms with E-state index in [1.807, 2.05) is 0 Å². The van der Waals surface area contributed by atoms with E-state index in [0.717, 1.165) is 5.39 Å². The van der Waals surface area contributed by atoms with Gasteiger partial charge in [0.2, 0.25) is 0 Å². The zero-order valence-electron chi connectivity index (χ0n) is 13.4. The second-order valence-electron chi connectivity index (χ2n) is 5.60. The molecular weight excluding hydrogens is 324 g/mol. The second-order valence-corrected chi connectivity index (χ2v) is 5.60. The van der Waals surface area contributed by atoms with Gasteiger partial charge in [-0.3, -0.25) is 4.79 Å². The van der Waals surface area contributed by atoms with E-state index < -0.39 is 11.6 Å². The topological polar surface area (TPSA) is 75.0 Å². The fourth-order valence-electron chi connectivity index (χ4n) is 2.73. The third-order valence-electron chi connectivity index (χ3n) is 3.82. The van der Waals surface area contributed by atoms with Crippen LogP contribution in [0.4, 0.5) is 0 Å². The summed E-state index contributed by atoms with van der Waals surface area (Å²) in [6.07, 6.45) is 0. The maximum absolute atomic E-state index is 12.4. The van der Waals surface area contributed by atoms with Crippen LogP contribution in [0.2, 0.25) is 0 Å². The third-order valence-corrected chi connectivity index (χ3v) is 3.82. The molecule has 0 saturated carbocycles. The molecule has 0 fully saturated rings. The Labute approximate surface area is 142 Å². The minimum atomic E-state index is -0.482. The van der Waals surface area contributed by atoms with Crippen LogP contribution in [-0.4, -0.2) is 19.2 Å². The molecule has 2 heterocycles. The smallest absolute Gasteiger partial charge is 0.344 e. The molecule has 1 aliphatic heterocycles. The van der Waals surface area contributed by atoms with Gasteiger partial charge in [0.15, 0.2) is 11.5 Å². The summed E-state index contributed by atoms with van der Waals surface area (Å²) >= 11 is 0. The Kier molecular flexibility index (Phi) is 3.65. The summed E-state index contributed by atoms with van der Waals surface area (Å²) in [6.45, 7) is 2.29. The van der Waals surface area contributed by atoms with Crippen molar-refractivity contribution < 1.29 is 23.4 Å². The number of fused-ring (bicyclic) bond motifs is 2. The molecule has 6 nitrogen and oxygen atoms in total. The molecule has 3 aromatic rings. The highest BCUT2D eigenvalue weighted by atomic mass is 16.6. The molecule has 0 aliphatic carbocycles. The summed E-state index contributed by atoms with van der Waals surface area (Å²) in [7, 11) is 0. The lowest BCUT2D eigenvalue weighted by molar-refractivity contribution is -0.131. The van der Waals surface area contributed by atoms with Gasteiger partial charge in [0.25, 0.3) is 0 Å². The van der Waals surface area contributed by atoms with Crippen LogP contribution in [0, 0.1) is 0 Å². The molecular formula is C19H14O6.